The summed E-state index contributed by atoms with van der Waals surface area (Å²) in [4.78, 5) is 21.2. The van der Waals surface area contributed by atoms with Crippen LogP contribution in [0.3, 0.4) is 0 Å². The van der Waals surface area contributed by atoms with Gasteiger partial charge in [0.05, 0.1) is 5.52 Å². The van der Waals surface area contributed by atoms with Crippen LogP contribution in [-0.2, 0) is 4.79 Å². The van der Waals surface area contributed by atoms with Gasteiger partial charge in [-0.25, -0.2) is 4.98 Å². The van der Waals surface area contributed by atoms with Crippen molar-refractivity contribution >= 4 is 22.6 Å². The van der Waals surface area contributed by atoms with Crippen LogP contribution in [0.25, 0.3) is 10.9 Å². The molecule has 0 unspecified atom stereocenters. The lowest BCUT2D eigenvalue weighted by Gasteiger charge is -2.33. The maximum atomic E-state index is 11.9. The third-order valence-electron chi connectivity index (χ3n) is 5.18. The summed E-state index contributed by atoms with van der Waals surface area (Å²) in [5.74, 6) is 1.90. The fourth-order valence-electron chi connectivity index (χ4n) is 3.52. The summed E-state index contributed by atoms with van der Waals surface area (Å²) in [5.41, 5.74) is 1.06. The SMILES string of the molecule is CN(C)CCNC(=O)CCC1CCN(c2ccc3ccccc3n2)CC1. The number of amides is 1. The molecule has 0 bridgehead atoms. The van der Waals surface area contributed by atoms with Crippen molar-refractivity contribution in [3.63, 3.8) is 0 Å². The molecule has 0 saturated carbocycles. The smallest absolute Gasteiger partial charge is 0.220 e. The van der Waals surface area contributed by atoms with Gasteiger partial charge in [-0.1, -0.05) is 18.2 Å². The van der Waals surface area contributed by atoms with Gasteiger partial charge in [-0.15, -0.1) is 0 Å². The molecule has 0 radical (unpaired) electrons. The van der Waals surface area contributed by atoms with Crippen molar-refractivity contribution in [1.29, 1.82) is 0 Å². The zero-order valence-corrected chi connectivity index (χ0v) is 15.9. The molecule has 1 aromatic heterocycles. The minimum Gasteiger partial charge on any atom is -0.357 e. The number of hydrogen-bond acceptors (Lipinski definition) is 4. The molecule has 1 aliphatic rings. The first kappa shape index (κ1) is 18.6. The number of anilines is 1. The summed E-state index contributed by atoms with van der Waals surface area (Å²) >= 11 is 0. The Balaban J connectivity index is 1.43. The van der Waals surface area contributed by atoms with Crippen LogP contribution in [-0.4, -0.2) is 56.1 Å². The second kappa shape index (κ2) is 8.99. The average molecular weight is 354 g/mol. The fraction of sp³-hybridized carbons (Fsp3) is 0.524. The lowest BCUT2D eigenvalue weighted by molar-refractivity contribution is -0.121. The van der Waals surface area contributed by atoms with Crippen molar-refractivity contribution in [1.82, 2.24) is 15.2 Å². The highest BCUT2D eigenvalue weighted by Crippen LogP contribution is 2.26. The van der Waals surface area contributed by atoms with E-state index in [1.807, 2.05) is 26.2 Å². The first-order chi connectivity index (χ1) is 12.6. The number of carbonyl (C=O) groups is 1. The van der Waals surface area contributed by atoms with Crippen LogP contribution in [0.4, 0.5) is 5.82 Å². The summed E-state index contributed by atoms with van der Waals surface area (Å²) in [6, 6.07) is 12.5. The van der Waals surface area contributed by atoms with Gasteiger partial charge < -0.3 is 15.1 Å². The Morgan fingerprint density at radius 3 is 2.73 bits per heavy atom. The number of para-hydroxylation sites is 1. The minimum absolute atomic E-state index is 0.186. The zero-order chi connectivity index (χ0) is 18.4. The third-order valence-corrected chi connectivity index (χ3v) is 5.18. The molecule has 1 amide bonds. The van der Waals surface area contributed by atoms with Crippen LogP contribution in [0.5, 0.6) is 0 Å². The van der Waals surface area contributed by atoms with E-state index in [2.05, 4.69) is 39.4 Å². The van der Waals surface area contributed by atoms with Crippen molar-refractivity contribution in [3.8, 4) is 0 Å². The predicted octanol–water partition coefficient (Wildman–Crippen LogP) is 2.91. The number of nitrogens with one attached hydrogen (secondary N) is 1. The standard InChI is InChI=1S/C21H30N4O/c1-24(2)16-13-22-21(26)10-7-17-11-14-25(15-12-17)20-9-8-18-5-3-4-6-19(18)23-20/h3-6,8-9,17H,7,10-16H2,1-2H3,(H,22,26). The van der Waals surface area contributed by atoms with Crippen molar-refractivity contribution < 1.29 is 4.79 Å². The van der Waals surface area contributed by atoms with E-state index in [1.54, 1.807) is 0 Å². The Morgan fingerprint density at radius 1 is 1.19 bits per heavy atom. The minimum atomic E-state index is 0.186. The third kappa shape index (κ3) is 5.18. The Morgan fingerprint density at radius 2 is 1.96 bits per heavy atom. The molecule has 1 aromatic carbocycles. The number of benzene rings is 1. The second-order valence-electron chi connectivity index (χ2n) is 7.48. The Kier molecular flexibility index (Phi) is 6.45. The molecule has 1 fully saturated rings. The Labute approximate surface area is 156 Å². The summed E-state index contributed by atoms with van der Waals surface area (Å²) in [6.07, 6.45) is 3.91. The summed E-state index contributed by atoms with van der Waals surface area (Å²) in [6.45, 7) is 3.68. The topological polar surface area (TPSA) is 48.5 Å². The largest absolute Gasteiger partial charge is 0.357 e. The number of pyridine rings is 1. The van der Waals surface area contributed by atoms with E-state index in [-0.39, 0.29) is 5.91 Å². The van der Waals surface area contributed by atoms with Crippen LogP contribution in [0, 0.1) is 5.92 Å². The lowest BCUT2D eigenvalue weighted by Crippen LogP contribution is -2.35. The molecule has 26 heavy (non-hydrogen) atoms. The molecular weight excluding hydrogens is 324 g/mol. The molecule has 2 aromatic rings. The Bertz CT molecular complexity index is 723. The highest BCUT2D eigenvalue weighted by Gasteiger charge is 2.21. The highest BCUT2D eigenvalue weighted by atomic mass is 16.1. The van der Waals surface area contributed by atoms with Gasteiger partial charge in [0.25, 0.3) is 0 Å². The van der Waals surface area contributed by atoms with Gasteiger partial charge in [-0.05, 0) is 57.5 Å². The van der Waals surface area contributed by atoms with Gasteiger partial charge in [0.15, 0.2) is 0 Å². The average Bonchev–Trinajstić information content (AvgIpc) is 2.66. The van der Waals surface area contributed by atoms with Crippen molar-refractivity contribution in [2.24, 2.45) is 5.92 Å². The van der Waals surface area contributed by atoms with Crippen LogP contribution >= 0.6 is 0 Å². The van der Waals surface area contributed by atoms with Gasteiger partial charge in [0, 0.05) is 38.0 Å². The summed E-state index contributed by atoms with van der Waals surface area (Å²) < 4.78 is 0. The molecule has 140 valence electrons. The van der Waals surface area contributed by atoms with Crippen LogP contribution in [0.1, 0.15) is 25.7 Å². The molecule has 1 saturated heterocycles. The summed E-state index contributed by atoms with van der Waals surface area (Å²) in [7, 11) is 4.04. The number of rotatable bonds is 7. The van der Waals surface area contributed by atoms with Crippen LogP contribution in [0.2, 0.25) is 0 Å². The van der Waals surface area contributed by atoms with Crippen molar-refractivity contribution in [3.05, 3.63) is 36.4 Å². The van der Waals surface area contributed by atoms with Gasteiger partial charge in [0.2, 0.25) is 5.91 Å². The summed E-state index contributed by atoms with van der Waals surface area (Å²) in [5, 5.41) is 4.19. The predicted molar refractivity (Wildman–Crippen MR) is 107 cm³/mol. The van der Waals surface area contributed by atoms with E-state index in [9.17, 15) is 4.79 Å². The van der Waals surface area contributed by atoms with E-state index in [4.69, 9.17) is 4.98 Å². The molecule has 1 N–H and O–H groups in total. The van der Waals surface area contributed by atoms with Crippen LogP contribution in [0.15, 0.2) is 36.4 Å². The monoisotopic (exact) mass is 354 g/mol. The normalized spacial score (nSPS) is 15.6. The van der Waals surface area contributed by atoms with Crippen molar-refractivity contribution in [2.75, 3.05) is 45.2 Å². The molecule has 3 rings (SSSR count). The molecular formula is C21H30N4O. The van der Waals surface area contributed by atoms with E-state index >= 15 is 0 Å². The first-order valence-corrected chi connectivity index (χ1v) is 9.64. The van der Waals surface area contributed by atoms with Gasteiger partial charge >= 0.3 is 0 Å². The highest BCUT2D eigenvalue weighted by molar-refractivity contribution is 5.80. The Hall–Kier alpha value is -2.14. The van der Waals surface area contributed by atoms with E-state index in [0.717, 1.165) is 56.8 Å². The molecule has 5 heteroatoms. The van der Waals surface area contributed by atoms with Gasteiger partial charge in [-0.2, -0.15) is 0 Å². The molecule has 1 aliphatic heterocycles. The van der Waals surface area contributed by atoms with Gasteiger partial charge in [-0.3, -0.25) is 4.79 Å². The number of hydrogen-bond donors (Lipinski definition) is 1. The second-order valence-corrected chi connectivity index (χ2v) is 7.48. The number of nitrogens with zero attached hydrogens (tertiary/aromatic N) is 3. The van der Waals surface area contributed by atoms with Gasteiger partial charge in [0.1, 0.15) is 5.82 Å². The zero-order valence-electron chi connectivity index (χ0n) is 15.9. The molecule has 0 spiro atoms. The maximum absolute atomic E-state index is 11.9. The van der Waals surface area contributed by atoms with E-state index in [0.29, 0.717) is 12.3 Å². The lowest BCUT2D eigenvalue weighted by atomic mass is 9.92. The number of carbonyl (C=O) groups excluding carboxylic acids is 1. The fourth-order valence-corrected chi connectivity index (χ4v) is 3.52. The quantitative estimate of drug-likeness (QED) is 0.831. The van der Waals surface area contributed by atoms with Crippen LogP contribution < -0.4 is 10.2 Å². The van der Waals surface area contributed by atoms with E-state index < -0.39 is 0 Å². The molecule has 0 aliphatic carbocycles. The first-order valence-electron chi connectivity index (χ1n) is 9.64. The number of piperidine rings is 1. The number of aromatic nitrogens is 1. The molecule has 5 nitrogen and oxygen atoms in total. The maximum Gasteiger partial charge on any atom is 0.220 e. The van der Waals surface area contributed by atoms with E-state index in [1.165, 1.54) is 5.39 Å². The molecule has 2 heterocycles. The van der Waals surface area contributed by atoms with Crippen molar-refractivity contribution in [2.45, 2.75) is 25.7 Å². The number of likely N-dealkylation sites (N-methyl/N-ethyl adjacent to an activating group) is 1. The molecule has 0 atom stereocenters. The number of fused-ring (bicyclic) bond motifs is 1.